The Bertz CT molecular complexity index is 669. The Morgan fingerprint density at radius 3 is 2.37 bits per heavy atom. The van der Waals surface area contributed by atoms with E-state index in [9.17, 15) is 14.4 Å². The van der Waals surface area contributed by atoms with Gasteiger partial charge in [0.15, 0.2) is 6.61 Å². The number of carbonyl (C=O) groups is 3. The highest BCUT2D eigenvalue weighted by Crippen LogP contribution is 2.20. The number of rotatable bonds is 15. The summed E-state index contributed by atoms with van der Waals surface area (Å²) in [5, 5.41) is 17.2. The zero-order chi connectivity index (χ0) is 22.2. The summed E-state index contributed by atoms with van der Waals surface area (Å²) in [5.41, 5.74) is 0.0359. The summed E-state index contributed by atoms with van der Waals surface area (Å²) in [6.07, 6.45) is 3.61. The largest absolute Gasteiger partial charge is 0.463 e. The standard InChI is InChI=1S/C19H26BrNO9/c20-11-5-1-2-10-17(22)30-16-9-4-3-8-15(16)19(24)28-14-18(23)27-12-6-7-13-29-21(25)26/h3-4,8-9,25-26H,1-2,5-7,10-14H2. The van der Waals surface area contributed by atoms with Gasteiger partial charge in [-0.25, -0.2) is 9.59 Å². The molecule has 0 atom stereocenters. The number of ether oxygens (including phenoxy) is 3. The van der Waals surface area contributed by atoms with Crippen LogP contribution in [-0.2, 0) is 23.9 Å². The maximum atomic E-state index is 12.2. The molecule has 0 unspecified atom stereocenters. The highest BCUT2D eigenvalue weighted by molar-refractivity contribution is 9.09. The van der Waals surface area contributed by atoms with Gasteiger partial charge in [0.2, 0.25) is 0 Å². The second-order valence-electron chi connectivity index (χ2n) is 6.06. The molecule has 10 nitrogen and oxygen atoms in total. The van der Waals surface area contributed by atoms with Crippen LogP contribution >= 0.6 is 15.9 Å². The van der Waals surface area contributed by atoms with Crippen LogP contribution in [0.2, 0.25) is 0 Å². The van der Waals surface area contributed by atoms with Crippen LogP contribution < -0.4 is 4.74 Å². The molecular formula is C19H26BrNO9. The zero-order valence-electron chi connectivity index (χ0n) is 16.5. The Morgan fingerprint density at radius 1 is 0.900 bits per heavy atom. The van der Waals surface area contributed by atoms with Crippen molar-refractivity contribution in [1.29, 1.82) is 0 Å². The van der Waals surface area contributed by atoms with Crippen LogP contribution in [0.5, 0.6) is 5.75 Å². The molecule has 0 aromatic heterocycles. The Balaban J connectivity index is 2.37. The van der Waals surface area contributed by atoms with Gasteiger partial charge in [-0.1, -0.05) is 34.5 Å². The van der Waals surface area contributed by atoms with E-state index in [1.807, 2.05) is 0 Å². The molecule has 0 aliphatic rings. The molecule has 0 radical (unpaired) electrons. The van der Waals surface area contributed by atoms with Crippen molar-refractivity contribution in [2.24, 2.45) is 0 Å². The van der Waals surface area contributed by atoms with Gasteiger partial charge in [0.25, 0.3) is 0 Å². The van der Waals surface area contributed by atoms with Crippen molar-refractivity contribution in [3.63, 3.8) is 0 Å². The number of alkyl halides is 1. The van der Waals surface area contributed by atoms with E-state index in [4.69, 9.17) is 24.6 Å². The number of esters is 3. The molecule has 0 saturated carbocycles. The highest BCUT2D eigenvalue weighted by atomic mass is 79.9. The number of para-hydroxylation sites is 1. The number of halogens is 1. The molecular weight excluding hydrogens is 466 g/mol. The second-order valence-corrected chi connectivity index (χ2v) is 6.85. The summed E-state index contributed by atoms with van der Waals surface area (Å²) in [5.74, 6) is -1.92. The summed E-state index contributed by atoms with van der Waals surface area (Å²) in [6.45, 7) is -0.503. The lowest BCUT2D eigenvalue weighted by atomic mass is 10.2. The fraction of sp³-hybridized carbons (Fsp3) is 0.526. The molecule has 0 bridgehead atoms. The maximum absolute atomic E-state index is 12.2. The van der Waals surface area contributed by atoms with Crippen LogP contribution in [0.3, 0.4) is 0 Å². The zero-order valence-corrected chi connectivity index (χ0v) is 18.0. The number of benzene rings is 1. The first-order chi connectivity index (χ1) is 14.4. The molecule has 0 aliphatic heterocycles. The third-order valence-electron chi connectivity index (χ3n) is 3.67. The van der Waals surface area contributed by atoms with Crippen molar-refractivity contribution in [3.8, 4) is 5.75 Å². The van der Waals surface area contributed by atoms with Crippen LogP contribution in [-0.4, -0.2) is 58.9 Å². The van der Waals surface area contributed by atoms with Crippen molar-refractivity contribution in [1.82, 2.24) is 5.39 Å². The van der Waals surface area contributed by atoms with Gasteiger partial charge in [-0.05, 0) is 37.8 Å². The Kier molecular flexibility index (Phi) is 13.6. The van der Waals surface area contributed by atoms with E-state index in [1.54, 1.807) is 12.1 Å². The minimum atomic E-state index is -0.811. The van der Waals surface area contributed by atoms with Crippen LogP contribution in [0.25, 0.3) is 0 Å². The van der Waals surface area contributed by atoms with Crippen LogP contribution in [0.1, 0.15) is 48.9 Å². The lowest BCUT2D eigenvalue weighted by Crippen LogP contribution is -2.19. The summed E-state index contributed by atoms with van der Waals surface area (Å²) in [4.78, 5) is 40.2. The van der Waals surface area contributed by atoms with E-state index >= 15 is 0 Å². The summed E-state index contributed by atoms with van der Waals surface area (Å²) < 4.78 is 15.1. The van der Waals surface area contributed by atoms with Gasteiger partial charge in [-0.15, -0.1) is 0 Å². The lowest BCUT2D eigenvalue weighted by molar-refractivity contribution is -0.492. The average molecular weight is 492 g/mol. The fourth-order valence-electron chi connectivity index (χ4n) is 2.22. The minimum absolute atomic E-state index is 0.0333. The Labute approximate surface area is 182 Å². The third kappa shape index (κ3) is 11.8. The fourth-order valence-corrected chi connectivity index (χ4v) is 2.62. The van der Waals surface area contributed by atoms with Crippen molar-refractivity contribution < 1.29 is 43.8 Å². The molecule has 1 rings (SSSR count). The number of nitrogens with zero attached hydrogens (tertiary/aromatic N) is 1. The van der Waals surface area contributed by atoms with Crippen molar-refractivity contribution in [3.05, 3.63) is 29.8 Å². The van der Waals surface area contributed by atoms with Gasteiger partial charge >= 0.3 is 17.9 Å². The van der Waals surface area contributed by atoms with E-state index < -0.39 is 29.9 Å². The van der Waals surface area contributed by atoms with Gasteiger partial charge in [-0.3, -0.25) is 20.0 Å². The highest BCUT2D eigenvalue weighted by Gasteiger charge is 2.17. The molecule has 0 heterocycles. The SMILES string of the molecule is O=C(COC(=O)c1ccccc1OC(=O)CCCCCBr)OCCCCON(O)O. The topological polar surface area (TPSA) is 132 Å². The van der Waals surface area contributed by atoms with Crippen molar-refractivity contribution >= 4 is 33.8 Å². The molecule has 0 aliphatic carbocycles. The molecule has 11 heteroatoms. The molecule has 0 fully saturated rings. The average Bonchev–Trinajstić information content (AvgIpc) is 2.72. The summed E-state index contributed by atoms with van der Waals surface area (Å²) in [6, 6.07) is 6.12. The predicted octanol–water partition coefficient (Wildman–Crippen LogP) is 3.04. The summed E-state index contributed by atoms with van der Waals surface area (Å²) >= 11 is 3.33. The third-order valence-corrected chi connectivity index (χ3v) is 4.24. The molecule has 0 spiro atoms. The summed E-state index contributed by atoms with van der Waals surface area (Å²) in [7, 11) is 0. The minimum Gasteiger partial charge on any atom is -0.463 e. The van der Waals surface area contributed by atoms with Gasteiger partial charge in [0, 0.05) is 11.8 Å². The molecule has 0 saturated heterocycles. The number of hydrogen-bond acceptors (Lipinski definition) is 10. The van der Waals surface area contributed by atoms with E-state index in [2.05, 4.69) is 20.8 Å². The Morgan fingerprint density at radius 2 is 1.63 bits per heavy atom. The number of hydrogen-bond donors (Lipinski definition) is 2. The first-order valence-corrected chi connectivity index (χ1v) is 10.6. The van der Waals surface area contributed by atoms with Gasteiger partial charge < -0.3 is 14.2 Å². The molecule has 0 amide bonds. The first-order valence-electron chi connectivity index (χ1n) is 9.43. The van der Waals surface area contributed by atoms with Crippen molar-refractivity contribution in [2.45, 2.75) is 38.5 Å². The molecule has 2 N–H and O–H groups in total. The van der Waals surface area contributed by atoms with E-state index in [0.29, 0.717) is 19.3 Å². The van der Waals surface area contributed by atoms with E-state index in [1.165, 1.54) is 12.1 Å². The van der Waals surface area contributed by atoms with Crippen molar-refractivity contribution in [2.75, 3.05) is 25.2 Å². The van der Waals surface area contributed by atoms with E-state index in [0.717, 1.165) is 18.2 Å². The van der Waals surface area contributed by atoms with Crippen LogP contribution in [0.15, 0.2) is 24.3 Å². The monoisotopic (exact) mass is 491 g/mol. The van der Waals surface area contributed by atoms with Gasteiger partial charge in [0.05, 0.1) is 18.6 Å². The number of unbranched alkanes of at least 4 members (excludes halogenated alkanes) is 3. The lowest BCUT2D eigenvalue weighted by Gasteiger charge is -2.10. The smallest absolute Gasteiger partial charge is 0.344 e. The first kappa shape index (κ1) is 26.0. The molecule has 30 heavy (non-hydrogen) atoms. The number of carbonyl (C=O) groups excluding carboxylic acids is 3. The molecule has 1 aromatic carbocycles. The van der Waals surface area contributed by atoms with Gasteiger partial charge in [0.1, 0.15) is 11.3 Å². The second kappa shape index (κ2) is 15.7. The van der Waals surface area contributed by atoms with E-state index in [-0.39, 0.29) is 30.9 Å². The van der Waals surface area contributed by atoms with Crippen LogP contribution in [0, 0.1) is 0 Å². The molecule has 1 aromatic rings. The molecule has 168 valence electrons. The predicted molar refractivity (Wildman–Crippen MR) is 106 cm³/mol. The van der Waals surface area contributed by atoms with Crippen LogP contribution in [0.4, 0.5) is 0 Å². The maximum Gasteiger partial charge on any atom is 0.344 e. The quantitative estimate of drug-likeness (QED) is 0.124. The normalized spacial score (nSPS) is 10.7. The van der Waals surface area contributed by atoms with Gasteiger partial charge in [-0.2, -0.15) is 0 Å². The Hall–Kier alpha value is -2.05.